The molecule has 0 amide bonds. The smallest absolute Gasteiger partial charge is 0.170 e. The lowest BCUT2D eigenvalue weighted by Crippen LogP contribution is -1.70. The summed E-state index contributed by atoms with van der Waals surface area (Å²) in [4.78, 5) is 0.936. The first-order chi connectivity index (χ1) is 5.70. The van der Waals surface area contributed by atoms with Gasteiger partial charge in [0.25, 0.3) is 0 Å². The average Bonchev–Trinajstić information content (AvgIpc) is 2.06. The van der Waals surface area contributed by atoms with Crippen LogP contribution >= 0.6 is 34.4 Å². The van der Waals surface area contributed by atoms with Crippen LogP contribution in [0.5, 0.6) is 0 Å². The molecule has 0 saturated heterocycles. The fourth-order valence-electron chi connectivity index (χ4n) is 0.662. The molecule has 0 saturated carbocycles. The molecule has 0 aliphatic heterocycles. The zero-order valence-electron chi connectivity index (χ0n) is 6.55. The van der Waals surface area contributed by atoms with Crippen LogP contribution in [-0.2, 0) is 0 Å². The Morgan fingerprint density at radius 1 is 1.33 bits per heavy atom. The third-order valence-corrected chi connectivity index (χ3v) is 3.05. The normalized spacial score (nSPS) is 12.6. The van der Waals surface area contributed by atoms with Gasteiger partial charge in [-0.3, -0.25) is 0 Å². The second kappa shape index (κ2) is 4.87. The summed E-state index contributed by atoms with van der Waals surface area (Å²) in [6, 6.07) is 9.51. The quantitative estimate of drug-likeness (QED) is 0.576. The lowest BCUT2D eigenvalue weighted by atomic mass is 10.4. The molecule has 0 unspecified atom stereocenters. The number of hydrogen-bond donors (Lipinski definition) is 0. The monoisotopic (exact) mass is 294 g/mol. The van der Waals surface area contributed by atoms with Crippen LogP contribution in [0, 0.1) is 0 Å². The third kappa shape index (κ3) is 3.15. The van der Waals surface area contributed by atoms with Crippen molar-refractivity contribution in [1.29, 1.82) is 0 Å². The van der Waals surface area contributed by atoms with Crippen molar-refractivity contribution in [2.24, 2.45) is 0 Å². The number of benzene rings is 1. The van der Waals surface area contributed by atoms with E-state index in [0.29, 0.717) is 3.58 Å². The molecular weight excluding hydrogens is 286 g/mol. The molecule has 0 aliphatic carbocycles. The Morgan fingerprint density at radius 2 is 1.92 bits per heavy atom. The fraction of sp³-hybridized carbons (Fsp3) is 0.111. The topological polar surface area (TPSA) is 0 Å². The molecule has 0 atom stereocenters. The zero-order valence-corrected chi connectivity index (χ0v) is 9.52. The summed E-state index contributed by atoms with van der Waals surface area (Å²) in [6.45, 7) is 1.76. The number of allylic oxidation sites excluding steroid dienone is 1. The third-order valence-electron chi connectivity index (χ3n) is 1.22. The molecule has 0 spiro atoms. The Kier molecular flexibility index (Phi) is 4.08. The molecule has 1 aromatic carbocycles. The van der Waals surface area contributed by atoms with E-state index in [2.05, 4.69) is 0 Å². The van der Waals surface area contributed by atoms with Crippen LogP contribution in [0.2, 0.25) is 0 Å². The van der Waals surface area contributed by atoms with Gasteiger partial charge in [0, 0.05) is 8.48 Å². The highest BCUT2D eigenvalue weighted by Gasteiger charge is 2.00. The second-order valence-corrected chi connectivity index (χ2v) is 4.87. The lowest BCUT2D eigenvalue weighted by molar-refractivity contribution is 0.696. The molecule has 64 valence electrons. The van der Waals surface area contributed by atoms with E-state index in [-0.39, 0.29) is 5.16 Å². The highest BCUT2D eigenvalue weighted by Crippen LogP contribution is 2.31. The minimum Gasteiger partial charge on any atom is -0.198 e. The summed E-state index contributed by atoms with van der Waals surface area (Å²) in [5, 5.41) is -0.123. The molecule has 0 heterocycles. The maximum Gasteiger partial charge on any atom is 0.170 e. The number of rotatable bonds is 2. The Labute approximate surface area is 89.4 Å². The Balaban J connectivity index is 2.72. The fourth-order valence-corrected chi connectivity index (χ4v) is 1.63. The van der Waals surface area contributed by atoms with Crippen molar-refractivity contribution in [2.45, 2.75) is 11.8 Å². The molecule has 3 heteroatoms. The summed E-state index contributed by atoms with van der Waals surface area (Å²) in [6.07, 6.45) is 0. The van der Waals surface area contributed by atoms with Gasteiger partial charge in [-0.15, -0.1) is 0 Å². The Bertz CT molecular complexity index is 278. The van der Waals surface area contributed by atoms with Crippen LogP contribution in [0.15, 0.2) is 44.0 Å². The van der Waals surface area contributed by atoms with Crippen LogP contribution < -0.4 is 0 Å². The van der Waals surface area contributed by atoms with E-state index in [1.807, 2.05) is 52.9 Å². The van der Waals surface area contributed by atoms with Crippen LogP contribution in [0.1, 0.15) is 6.92 Å². The SMILES string of the molecule is C/C(I)=C(\F)Sc1ccccc1. The van der Waals surface area contributed by atoms with Crippen LogP contribution in [0.25, 0.3) is 0 Å². The van der Waals surface area contributed by atoms with Gasteiger partial charge >= 0.3 is 0 Å². The average molecular weight is 294 g/mol. The zero-order chi connectivity index (χ0) is 8.97. The summed E-state index contributed by atoms with van der Waals surface area (Å²) < 4.78 is 13.7. The van der Waals surface area contributed by atoms with Gasteiger partial charge in [-0.25, -0.2) is 0 Å². The highest BCUT2D eigenvalue weighted by molar-refractivity contribution is 14.1. The van der Waals surface area contributed by atoms with Crippen molar-refractivity contribution in [2.75, 3.05) is 0 Å². The van der Waals surface area contributed by atoms with E-state index in [9.17, 15) is 4.39 Å². The predicted molar refractivity (Wildman–Crippen MR) is 60.1 cm³/mol. The Hall–Kier alpha value is -0.0300. The largest absolute Gasteiger partial charge is 0.198 e. The highest BCUT2D eigenvalue weighted by atomic mass is 127. The van der Waals surface area contributed by atoms with Crippen molar-refractivity contribution in [3.8, 4) is 0 Å². The molecular formula is C9H8FIS. The van der Waals surface area contributed by atoms with Gasteiger partial charge in [-0.2, -0.15) is 4.39 Å². The van der Waals surface area contributed by atoms with Gasteiger partial charge in [-0.05, 0) is 41.6 Å². The van der Waals surface area contributed by atoms with Crippen molar-refractivity contribution in [3.05, 3.63) is 39.1 Å². The minimum atomic E-state index is -0.123. The van der Waals surface area contributed by atoms with Crippen molar-refractivity contribution >= 4 is 34.4 Å². The van der Waals surface area contributed by atoms with Crippen LogP contribution in [-0.4, -0.2) is 0 Å². The van der Waals surface area contributed by atoms with Gasteiger partial charge in [0.15, 0.2) is 5.16 Å². The van der Waals surface area contributed by atoms with Gasteiger partial charge in [0.2, 0.25) is 0 Å². The minimum absolute atomic E-state index is 0.123. The summed E-state index contributed by atoms with van der Waals surface area (Å²) in [5.74, 6) is 0. The maximum absolute atomic E-state index is 13.0. The Morgan fingerprint density at radius 3 is 2.42 bits per heavy atom. The van der Waals surface area contributed by atoms with Gasteiger partial charge in [0.05, 0.1) is 0 Å². The second-order valence-electron chi connectivity index (χ2n) is 2.22. The van der Waals surface area contributed by atoms with E-state index < -0.39 is 0 Å². The molecule has 0 fully saturated rings. The molecule has 12 heavy (non-hydrogen) atoms. The summed E-state index contributed by atoms with van der Waals surface area (Å²) in [5.41, 5.74) is 0. The van der Waals surface area contributed by atoms with Crippen molar-refractivity contribution in [3.63, 3.8) is 0 Å². The van der Waals surface area contributed by atoms with Gasteiger partial charge in [-0.1, -0.05) is 30.0 Å². The number of thioether (sulfide) groups is 1. The molecule has 0 radical (unpaired) electrons. The van der Waals surface area contributed by atoms with Crippen LogP contribution in [0.4, 0.5) is 4.39 Å². The number of halogens is 2. The molecule has 0 aliphatic rings. The summed E-state index contributed by atoms with van der Waals surface area (Å²) in [7, 11) is 0. The number of hydrogen-bond acceptors (Lipinski definition) is 1. The molecule has 0 N–H and O–H groups in total. The standard InChI is InChI=1S/C9H8FIS/c1-7(11)9(10)12-8-5-3-2-4-6-8/h2-6H,1H3/b9-7-. The lowest BCUT2D eigenvalue weighted by Gasteiger charge is -1.97. The molecule has 0 aromatic heterocycles. The summed E-state index contributed by atoms with van der Waals surface area (Å²) >= 11 is 3.14. The van der Waals surface area contributed by atoms with Crippen molar-refractivity contribution < 1.29 is 4.39 Å². The molecule has 1 aromatic rings. The van der Waals surface area contributed by atoms with Crippen LogP contribution in [0.3, 0.4) is 0 Å². The van der Waals surface area contributed by atoms with Gasteiger partial charge in [0.1, 0.15) is 0 Å². The van der Waals surface area contributed by atoms with Crippen molar-refractivity contribution in [1.82, 2.24) is 0 Å². The van der Waals surface area contributed by atoms with E-state index >= 15 is 0 Å². The first-order valence-corrected chi connectivity index (χ1v) is 5.34. The first kappa shape index (κ1) is 10.1. The molecule has 0 nitrogen and oxygen atoms in total. The van der Waals surface area contributed by atoms with E-state index in [4.69, 9.17) is 0 Å². The molecule has 0 bridgehead atoms. The predicted octanol–water partition coefficient (Wildman–Crippen LogP) is 4.37. The molecule has 1 rings (SSSR count). The van der Waals surface area contributed by atoms with Gasteiger partial charge < -0.3 is 0 Å². The van der Waals surface area contributed by atoms with E-state index in [1.165, 1.54) is 0 Å². The first-order valence-electron chi connectivity index (χ1n) is 3.45. The maximum atomic E-state index is 13.0. The van der Waals surface area contributed by atoms with E-state index in [1.54, 1.807) is 6.92 Å². The van der Waals surface area contributed by atoms with E-state index in [0.717, 1.165) is 16.7 Å².